The van der Waals surface area contributed by atoms with Crippen LogP contribution in [0.15, 0.2) is 48.8 Å². The number of nitrogens with one attached hydrogen (secondary N) is 2. The first-order valence-corrected chi connectivity index (χ1v) is 7.05. The van der Waals surface area contributed by atoms with Crippen LogP contribution in [0.3, 0.4) is 0 Å². The second kappa shape index (κ2) is 9.94. The molecule has 0 aliphatic rings. The topological polar surface area (TPSA) is 56.1 Å². The largest absolute Gasteiger partial charge is 0.511 e. The van der Waals surface area contributed by atoms with Gasteiger partial charge in [0.15, 0.2) is 0 Å². The van der Waals surface area contributed by atoms with Gasteiger partial charge >= 0.3 is 0 Å². The number of benzene rings is 1. The highest BCUT2D eigenvalue weighted by Gasteiger charge is 2.09. The molecule has 0 aromatic heterocycles. The number of aliphatic hydroxyl groups excluding tert-OH is 1. The molecule has 0 spiro atoms. The first-order chi connectivity index (χ1) is 9.76. The van der Waals surface area contributed by atoms with Gasteiger partial charge in [0.25, 0.3) is 0 Å². The average Bonchev–Trinajstić information content (AvgIpc) is 2.36. The third-order valence-electron chi connectivity index (χ3n) is 2.88. The Bertz CT molecular complexity index is 462. The van der Waals surface area contributed by atoms with Gasteiger partial charge in [0, 0.05) is 12.1 Å². The quantitative estimate of drug-likeness (QED) is 0.417. The number of hydrogen-bond acceptors (Lipinski definition) is 3. The van der Waals surface area contributed by atoms with E-state index in [1.165, 1.54) is 11.1 Å². The van der Waals surface area contributed by atoms with E-state index in [1.54, 1.807) is 6.92 Å². The van der Waals surface area contributed by atoms with Gasteiger partial charge in [0.1, 0.15) is 5.76 Å². The summed E-state index contributed by atoms with van der Waals surface area (Å²) < 4.78 is 0. The van der Waals surface area contributed by atoms with Crippen molar-refractivity contribution in [3.63, 3.8) is 0 Å². The summed E-state index contributed by atoms with van der Waals surface area (Å²) in [5.74, 6) is 0.188. The molecule has 0 saturated heterocycles. The number of hydrogen-bond donors (Lipinski definition) is 3. The van der Waals surface area contributed by atoms with Crippen LogP contribution in [0.25, 0.3) is 0 Å². The van der Waals surface area contributed by atoms with Crippen LogP contribution in [-0.4, -0.2) is 23.9 Å². The highest BCUT2D eigenvalue weighted by Crippen LogP contribution is 2.08. The van der Waals surface area contributed by atoms with Crippen LogP contribution >= 0.6 is 0 Å². The summed E-state index contributed by atoms with van der Waals surface area (Å²) in [6.45, 7) is 13.0. The fourth-order valence-electron chi connectivity index (χ4n) is 1.80. The van der Waals surface area contributed by atoms with Crippen LogP contribution in [0.2, 0.25) is 0 Å². The maximum Gasteiger partial charge on any atom is 0.102 e. The van der Waals surface area contributed by atoms with Crippen molar-refractivity contribution in [1.82, 2.24) is 5.32 Å². The Morgan fingerprint density at radius 3 is 2.05 bits per heavy atom. The zero-order valence-electron chi connectivity index (χ0n) is 13.7. The molecule has 1 unspecified atom stereocenters. The Hall–Kier alpha value is -1.87. The number of allylic oxidation sites excluding steroid dienone is 1. The SMILES string of the molecule is C=C(C)CC(C)=N.C=C(O)C(Cc1ccc(C)cc1)NC. The van der Waals surface area contributed by atoms with Gasteiger partial charge in [-0.2, -0.15) is 0 Å². The molecule has 21 heavy (non-hydrogen) atoms. The Kier molecular flexibility index (Phi) is 9.06. The van der Waals surface area contributed by atoms with Gasteiger partial charge in [0.05, 0.1) is 6.04 Å². The smallest absolute Gasteiger partial charge is 0.102 e. The summed E-state index contributed by atoms with van der Waals surface area (Å²) >= 11 is 0. The third-order valence-corrected chi connectivity index (χ3v) is 2.88. The van der Waals surface area contributed by atoms with Crippen LogP contribution < -0.4 is 5.32 Å². The van der Waals surface area contributed by atoms with Crippen molar-refractivity contribution in [1.29, 1.82) is 5.41 Å². The minimum Gasteiger partial charge on any atom is -0.511 e. The lowest BCUT2D eigenvalue weighted by molar-refractivity contribution is 0.349. The molecule has 0 aliphatic carbocycles. The van der Waals surface area contributed by atoms with Crippen LogP contribution in [0.5, 0.6) is 0 Å². The highest BCUT2D eigenvalue weighted by atomic mass is 16.3. The second-order valence-corrected chi connectivity index (χ2v) is 5.44. The lowest BCUT2D eigenvalue weighted by atomic mass is 10.0. The predicted molar refractivity (Wildman–Crippen MR) is 92.3 cm³/mol. The van der Waals surface area contributed by atoms with Crippen molar-refractivity contribution < 1.29 is 5.11 Å². The molecule has 116 valence electrons. The lowest BCUT2D eigenvalue weighted by Crippen LogP contribution is -2.29. The standard InChI is InChI=1S/C12H17NO.C6H11N/c1-9-4-6-11(7-5-9)8-12(13-3)10(2)14;1-5(2)4-6(3)7/h4-7,12-14H,2,8H2,1,3H3;7H,1,4H2,2-3H3. The average molecular weight is 288 g/mol. The molecule has 3 N–H and O–H groups in total. The molecule has 0 aliphatic heterocycles. The van der Waals surface area contributed by atoms with Crippen molar-refractivity contribution in [2.24, 2.45) is 0 Å². The van der Waals surface area contributed by atoms with Gasteiger partial charge < -0.3 is 15.8 Å². The molecule has 0 amide bonds. The summed E-state index contributed by atoms with van der Waals surface area (Å²) in [7, 11) is 1.82. The first kappa shape index (κ1) is 19.1. The Morgan fingerprint density at radius 2 is 1.76 bits per heavy atom. The molecule has 1 rings (SSSR count). The zero-order valence-corrected chi connectivity index (χ0v) is 13.7. The molecule has 1 aromatic rings. The number of rotatable bonds is 6. The van der Waals surface area contributed by atoms with Crippen LogP contribution in [0.4, 0.5) is 0 Å². The summed E-state index contributed by atoms with van der Waals surface area (Å²) in [6.07, 6.45) is 1.52. The fourth-order valence-corrected chi connectivity index (χ4v) is 1.80. The summed E-state index contributed by atoms with van der Waals surface area (Å²) in [4.78, 5) is 0. The summed E-state index contributed by atoms with van der Waals surface area (Å²) in [5.41, 5.74) is 4.20. The van der Waals surface area contributed by atoms with Gasteiger partial charge in [-0.25, -0.2) is 0 Å². The van der Waals surface area contributed by atoms with E-state index in [2.05, 4.69) is 49.7 Å². The van der Waals surface area contributed by atoms with Crippen molar-refractivity contribution in [3.8, 4) is 0 Å². The van der Waals surface area contributed by atoms with Crippen molar-refractivity contribution in [2.75, 3.05) is 7.05 Å². The Morgan fingerprint density at radius 1 is 1.24 bits per heavy atom. The molecule has 3 nitrogen and oxygen atoms in total. The normalized spacial score (nSPS) is 11.0. The lowest BCUT2D eigenvalue weighted by Gasteiger charge is -2.14. The zero-order chi connectivity index (χ0) is 16.4. The molecule has 1 aromatic carbocycles. The van der Waals surface area contributed by atoms with Gasteiger partial charge in [-0.1, -0.05) is 48.6 Å². The molecular formula is C18H28N2O. The van der Waals surface area contributed by atoms with Crippen LogP contribution in [-0.2, 0) is 6.42 Å². The molecule has 0 fully saturated rings. The van der Waals surface area contributed by atoms with Crippen molar-refractivity contribution in [2.45, 2.75) is 39.7 Å². The molecule has 3 heteroatoms. The maximum absolute atomic E-state index is 9.27. The second-order valence-electron chi connectivity index (χ2n) is 5.44. The number of aryl methyl sites for hydroxylation is 1. The molecule has 0 heterocycles. The highest BCUT2D eigenvalue weighted by molar-refractivity contribution is 5.80. The predicted octanol–water partition coefficient (Wildman–Crippen LogP) is 4.19. The van der Waals surface area contributed by atoms with E-state index in [0.717, 1.165) is 18.4 Å². The van der Waals surface area contributed by atoms with Gasteiger partial charge in [-0.3, -0.25) is 0 Å². The minimum absolute atomic E-state index is 0.0577. The van der Waals surface area contributed by atoms with E-state index in [4.69, 9.17) is 5.41 Å². The van der Waals surface area contributed by atoms with Gasteiger partial charge in [0.2, 0.25) is 0 Å². The Labute approximate surface area is 128 Å². The fraction of sp³-hybridized carbons (Fsp3) is 0.389. The van der Waals surface area contributed by atoms with Crippen molar-refractivity contribution >= 4 is 5.71 Å². The summed E-state index contributed by atoms with van der Waals surface area (Å²) in [5, 5.41) is 19.3. The number of likely N-dealkylation sites (N-methyl/N-ethyl adjacent to an activating group) is 1. The molecule has 0 saturated carbocycles. The monoisotopic (exact) mass is 288 g/mol. The maximum atomic E-state index is 9.27. The van der Waals surface area contributed by atoms with E-state index < -0.39 is 0 Å². The Balaban J connectivity index is 0.000000486. The van der Waals surface area contributed by atoms with Crippen LogP contribution in [0.1, 0.15) is 31.4 Å². The first-order valence-electron chi connectivity index (χ1n) is 7.05. The van der Waals surface area contributed by atoms with Gasteiger partial charge in [-0.15, -0.1) is 0 Å². The summed E-state index contributed by atoms with van der Waals surface area (Å²) in [6, 6.07) is 8.23. The number of aliphatic hydroxyl groups is 1. The van der Waals surface area contributed by atoms with E-state index in [9.17, 15) is 5.11 Å². The van der Waals surface area contributed by atoms with Crippen LogP contribution in [0, 0.1) is 12.3 Å². The van der Waals surface area contributed by atoms with Crippen molar-refractivity contribution in [3.05, 3.63) is 59.9 Å². The minimum atomic E-state index is -0.0577. The molecule has 0 radical (unpaired) electrons. The molecular weight excluding hydrogens is 260 g/mol. The molecule has 1 atom stereocenters. The third kappa shape index (κ3) is 9.63. The van der Waals surface area contributed by atoms with E-state index in [0.29, 0.717) is 5.71 Å². The van der Waals surface area contributed by atoms with Gasteiger partial charge in [-0.05, 0) is 39.8 Å². The molecule has 0 bridgehead atoms. The van der Waals surface area contributed by atoms with E-state index in [1.807, 2.05) is 14.0 Å². The van der Waals surface area contributed by atoms with E-state index >= 15 is 0 Å². The van der Waals surface area contributed by atoms with E-state index in [-0.39, 0.29) is 11.8 Å².